The van der Waals surface area contributed by atoms with Gasteiger partial charge in [0.15, 0.2) is 0 Å². The lowest BCUT2D eigenvalue weighted by atomic mass is 9.96. The van der Waals surface area contributed by atoms with Crippen molar-refractivity contribution in [3.8, 4) is 0 Å². The topological polar surface area (TPSA) is 71.3 Å². The van der Waals surface area contributed by atoms with E-state index in [9.17, 15) is 4.79 Å². The molecule has 1 aliphatic rings. The van der Waals surface area contributed by atoms with Crippen molar-refractivity contribution in [3.05, 3.63) is 47.7 Å². The predicted octanol–water partition coefficient (Wildman–Crippen LogP) is 1.91. The molecular weight excluding hydrogens is 292 g/mol. The molecule has 0 bridgehead atoms. The molecule has 1 aliphatic heterocycles. The van der Waals surface area contributed by atoms with Gasteiger partial charge in [-0.25, -0.2) is 0 Å². The van der Waals surface area contributed by atoms with Crippen LogP contribution in [0, 0.1) is 12.8 Å². The molecule has 6 nitrogen and oxygen atoms in total. The number of hydrogen-bond acceptors (Lipinski definition) is 5. The molecule has 0 spiro atoms. The highest BCUT2D eigenvalue weighted by molar-refractivity contribution is 5.78. The van der Waals surface area contributed by atoms with E-state index >= 15 is 0 Å². The van der Waals surface area contributed by atoms with Gasteiger partial charge in [-0.1, -0.05) is 30.3 Å². The van der Waals surface area contributed by atoms with Gasteiger partial charge in [-0.05, 0) is 31.5 Å². The molecule has 23 heavy (non-hydrogen) atoms. The standard InChI is InChI=1S/C17H22N4O2/c1-13-19-20-16(23-13)12-21-9-7-15(8-10-21)17(22)18-11-14-5-3-2-4-6-14/h2-6,15H,7-12H2,1H3,(H,18,22). The third-order valence-corrected chi connectivity index (χ3v) is 4.19. The van der Waals surface area contributed by atoms with E-state index in [0.717, 1.165) is 31.5 Å². The van der Waals surface area contributed by atoms with Gasteiger partial charge in [0.1, 0.15) is 0 Å². The van der Waals surface area contributed by atoms with Gasteiger partial charge in [-0.2, -0.15) is 0 Å². The molecule has 0 atom stereocenters. The average molecular weight is 314 g/mol. The van der Waals surface area contributed by atoms with Crippen molar-refractivity contribution < 1.29 is 9.21 Å². The molecule has 0 aliphatic carbocycles. The number of benzene rings is 1. The molecule has 2 aromatic rings. The van der Waals surface area contributed by atoms with Gasteiger partial charge in [0.2, 0.25) is 17.7 Å². The summed E-state index contributed by atoms with van der Waals surface area (Å²) in [6.07, 6.45) is 1.74. The average Bonchev–Trinajstić information content (AvgIpc) is 2.99. The van der Waals surface area contributed by atoms with E-state index in [1.54, 1.807) is 6.92 Å². The van der Waals surface area contributed by atoms with Crippen LogP contribution in [0.4, 0.5) is 0 Å². The number of likely N-dealkylation sites (tertiary alicyclic amines) is 1. The summed E-state index contributed by atoms with van der Waals surface area (Å²) in [5.41, 5.74) is 1.13. The smallest absolute Gasteiger partial charge is 0.230 e. The second-order valence-electron chi connectivity index (χ2n) is 5.97. The number of aromatic nitrogens is 2. The largest absolute Gasteiger partial charge is 0.424 e. The minimum Gasteiger partial charge on any atom is -0.424 e. The first-order valence-corrected chi connectivity index (χ1v) is 8.03. The number of carbonyl (C=O) groups is 1. The summed E-state index contributed by atoms with van der Waals surface area (Å²) >= 11 is 0. The van der Waals surface area contributed by atoms with Crippen molar-refractivity contribution in [1.29, 1.82) is 0 Å². The van der Waals surface area contributed by atoms with Crippen molar-refractivity contribution in [2.24, 2.45) is 5.92 Å². The summed E-state index contributed by atoms with van der Waals surface area (Å²) in [6, 6.07) is 9.99. The van der Waals surface area contributed by atoms with Crippen LogP contribution >= 0.6 is 0 Å². The number of nitrogens with zero attached hydrogens (tertiary/aromatic N) is 3. The van der Waals surface area contributed by atoms with Gasteiger partial charge < -0.3 is 9.73 Å². The Morgan fingerprint density at radius 1 is 1.26 bits per heavy atom. The van der Waals surface area contributed by atoms with Gasteiger partial charge >= 0.3 is 0 Å². The van der Waals surface area contributed by atoms with Crippen LogP contribution in [-0.4, -0.2) is 34.1 Å². The predicted molar refractivity (Wildman–Crippen MR) is 85.3 cm³/mol. The van der Waals surface area contributed by atoms with Gasteiger partial charge in [-0.15, -0.1) is 10.2 Å². The fourth-order valence-corrected chi connectivity index (χ4v) is 2.88. The van der Waals surface area contributed by atoms with E-state index in [4.69, 9.17) is 4.42 Å². The molecule has 0 saturated carbocycles. The third kappa shape index (κ3) is 4.39. The van der Waals surface area contributed by atoms with Gasteiger partial charge in [-0.3, -0.25) is 9.69 Å². The Morgan fingerprint density at radius 2 is 2.00 bits per heavy atom. The van der Waals surface area contributed by atoms with Crippen LogP contribution < -0.4 is 5.32 Å². The molecule has 1 N–H and O–H groups in total. The van der Waals surface area contributed by atoms with E-state index in [1.165, 1.54) is 0 Å². The van der Waals surface area contributed by atoms with E-state index in [0.29, 0.717) is 24.9 Å². The molecule has 6 heteroatoms. The zero-order chi connectivity index (χ0) is 16.1. The fraction of sp³-hybridized carbons (Fsp3) is 0.471. The normalized spacial score (nSPS) is 16.4. The van der Waals surface area contributed by atoms with E-state index in [1.807, 2.05) is 30.3 Å². The number of rotatable bonds is 5. The van der Waals surface area contributed by atoms with Crippen molar-refractivity contribution in [2.75, 3.05) is 13.1 Å². The monoisotopic (exact) mass is 314 g/mol. The Balaban J connectivity index is 1.42. The Labute approximate surface area is 135 Å². The summed E-state index contributed by atoms with van der Waals surface area (Å²) in [5.74, 6) is 1.49. The molecule has 1 amide bonds. The van der Waals surface area contributed by atoms with Gasteiger partial charge in [0.25, 0.3) is 0 Å². The van der Waals surface area contributed by atoms with Crippen molar-refractivity contribution in [3.63, 3.8) is 0 Å². The fourth-order valence-electron chi connectivity index (χ4n) is 2.88. The van der Waals surface area contributed by atoms with E-state index in [2.05, 4.69) is 20.4 Å². The van der Waals surface area contributed by atoms with Crippen molar-refractivity contribution >= 4 is 5.91 Å². The minimum absolute atomic E-state index is 0.0967. The summed E-state index contributed by atoms with van der Waals surface area (Å²) in [6.45, 7) is 4.82. The number of piperidine rings is 1. The molecule has 1 saturated heterocycles. The zero-order valence-corrected chi connectivity index (χ0v) is 13.4. The summed E-state index contributed by atoms with van der Waals surface area (Å²) < 4.78 is 5.40. The van der Waals surface area contributed by atoms with E-state index < -0.39 is 0 Å². The second kappa shape index (κ2) is 7.37. The number of hydrogen-bond donors (Lipinski definition) is 1. The molecule has 1 aromatic carbocycles. The maximum atomic E-state index is 12.3. The van der Waals surface area contributed by atoms with Crippen LogP contribution in [0.15, 0.2) is 34.7 Å². The molecular formula is C17H22N4O2. The summed E-state index contributed by atoms with van der Waals surface area (Å²) in [4.78, 5) is 14.5. The first-order chi connectivity index (χ1) is 11.2. The highest BCUT2D eigenvalue weighted by atomic mass is 16.4. The van der Waals surface area contributed by atoms with Gasteiger partial charge in [0, 0.05) is 19.4 Å². The molecule has 122 valence electrons. The molecule has 3 rings (SSSR count). The molecule has 0 radical (unpaired) electrons. The maximum Gasteiger partial charge on any atom is 0.230 e. The third-order valence-electron chi connectivity index (χ3n) is 4.19. The first kappa shape index (κ1) is 15.7. The highest BCUT2D eigenvalue weighted by Crippen LogP contribution is 2.19. The van der Waals surface area contributed by atoms with Crippen molar-refractivity contribution in [2.45, 2.75) is 32.9 Å². The van der Waals surface area contributed by atoms with Crippen LogP contribution in [0.5, 0.6) is 0 Å². The minimum atomic E-state index is 0.0967. The first-order valence-electron chi connectivity index (χ1n) is 8.03. The zero-order valence-electron chi connectivity index (χ0n) is 13.4. The molecule has 1 aromatic heterocycles. The maximum absolute atomic E-state index is 12.3. The lowest BCUT2D eigenvalue weighted by Crippen LogP contribution is -2.40. The van der Waals surface area contributed by atoms with Crippen LogP contribution in [0.1, 0.15) is 30.2 Å². The molecule has 0 unspecified atom stereocenters. The second-order valence-corrected chi connectivity index (χ2v) is 5.97. The van der Waals surface area contributed by atoms with Crippen molar-refractivity contribution in [1.82, 2.24) is 20.4 Å². The quantitative estimate of drug-likeness (QED) is 0.913. The van der Waals surface area contributed by atoms with Gasteiger partial charge in [0.05, 0.1) is 6.54 Å². The number of carbonyl (C=O) groups excluding carboxylic acids is 1. The van der Waals surface area contributed by atoms with Crippen LogP contribution in [-0.2, 0) is 17.9 Å². The Morgan fingerprint density at radius 3 is 2.65 bits per heavy atom. The van der Waals surface area contributed by atoms with Crippen LogP contribution in [0.25, 0.3) is 0 Å². The van der Waals surface area contributed by atoms with Crippen LogP contribution in [0.2, 0.25) is 0 Å². The molecule has 2 heterocycles. The van der Waals surface area contributed by atoms with E-state index in [-0.39, 0.29) is 11.8 Å². The molecule has 1 fully saturated rings. The lowest BCUT2D eigenvalue weighted by Gasteiger charge is -2.30. The summed E-state index contributed by atoms with van der Waals surface area (Å²) in [7, 11) is 0. The number of amides is 1. The Kier molecular flexibility index (Phi) is 5.02. The highest BCUT2D eigenvalue weighted by Gasteiger charge is 2.25. The van der Waals surface area contributed by atoms with Crippen LogP contribution in [0.3, 0.4) is 0 Å². The SMILES string of the molecule is Cc1nnc(CN2CCC(C(=O)NCc3ccccc3)CC2)o1. The summed E-state index contributed by atoms with van der Waals surface area (Å²) in [5, 5.41) is 10.9. The number of aryl methyl sites for hydroxylation is 1. The lowest BCUT2D eigenvalue weighted by molar-refractivity contribution is -0.126. The Hall–Kier alpha value is -2.21. The number of nitrogens with one attached hydrogen (secondary N) is 1. The Bertz CT molecular complexity index is 633.